The molecular weight excluding hydrogens is 419 g/mol. The summed E-state index contributed by atoms with van der Waals surface area (Å²) in [4.78, 5) is 12.4. The maximum Gasteiger partial charge on any atom is 0.416 e. The van der Waals surface area contributed by atoms with Crippen LogP contribution < -0.4 is 0 Å². The Hall–Kier alpha value is -1.99. The molecule has 0 N–H and O–H groups in total. The largest absolute Gasteiger partial charge is 0.416 e. The molecule has 3 rings (SSSR count). The fourth-order valence-corrected chi connectivity index (χ4v) is 2.84. The van der Waals surface area contributed by atoms with Gasteiger partial charge in [0.05, 0.1) is 5.56 Å². The Morgan fingerprint density at radius 1 is 0.960 bits per heavy atom. The summed E-state index contributed by atoms with van der Waals surface area (Å²) in [5.74, 6) is 0.664. The van der Waals surface area contributed by atoms with Crippen LogP contribution in [0.15, 0.2) is 53.0 Å². The lowest BCUT2D eigenvalue weighted by molar-refractivity contribution is -0.137. The summed E-state index contributed by atoms with van der Waals surface area (Å²) < 4.78 is 39.3. The van der Waals surface area contributed by atoms with Crippen LogP contribution in [0.1, 0.15) is 17.0 Å². The normalized spacial score (nSPS) is 11.6. The fraction of sp³-hybridized carbons (Fsp3) is 0.118. The zero-order chi connectivity index (χ0) is 18.0. The Bertz CT molecular complexity index is 916. The van der Waals surface area contributed by atoms with Gasteiger partial charge in [0.15, 0.2) is 5.82 Å². The molecule has 0 aliphatic rings. The first-order valence-electron chi connectivity index (χ1n) is 7.14. The summed E-state index contributed by atoms with van der Waals surface area (Å²) in [5, 5.41) is -0.00745. The molecule has 0 fully saturated rings. The number of benzene rings is 2. The maximum atomic E-state index is 12.8. The summed E-state index contributed by atoms with van der Waals surface area (Å²) in [6.07, 6.45) is -4.28. The molecule has 0 saturated carbocycles. The minimum absolute atomic E-state index is 0.00745. The zero-order valence-electron chi connectivity index (χ0n) is 12.6. The SMILES string of the molecule is FC(F)(F)c1cccc(Cc2nc(Cl)nc(-c3cccc(Br)c3)n2)c1. The topological polar surface area (TPSA) is 38.7 Å². The molecule has 0 amide bonds. The van der Waals surface area contributed by atoms with Gasteiger partial charge in [-0.2, -0.15) is 18.2 Å². The lowest BCUT2D eigenvalue weighted by Crippen LogP contribution is -2.06. The van der Waals surface area contributed by atoms with E-state index in [9.17, 15) is 13.2 Å². The molecule has 1 heterocycles. The van der Waals surface area contributed by atoms with E-state index in [-0.39, 0.29) is 11.7 Å². The van der Waals surface area contributed by atoms with Crippen LogP contribution in [0.3, 0.4) is 0 Å². The van der Waals surface area contributed by atoms with Gasteiger partial charge in [-0.1, -0.05) is 46.3 Å². The molecule has 0 atom stereocenters. The molecule has 0 aliphatic carbocycles. The number of rotatable bonds is 3. The van der Waals surface area contributed by atoms with Gasteiger partial charge in [0.2, 0.25) is 5.28 Å². The van der Waals surface area contributed by atoms with Gasteiger partial charge in [-0.05, 0) is 35.4 Å². The van der Waals surface area contributed by atoms with Crippen LogP contribution in [-0.4, -0.2) is 15.0 Å². The Balaban J connectivity index is 1.94. The quantitative estimate of drug-likeness (QED) is 0.548. The van der Waals surface area contributed by atoms with Crippen LogP contribution in [0.4, 0.5) is 13.2 Å². The average Bonchev–Trinajstić information content (AvgIpc) is 2.54. The molecule has 0 bridgehead atoms. The molecule has 8 heteroatoms. The summed E-state index contributed by atoms with van der Waals surface area (Å²) in [5.41, 5.74) is 0.457. The molecule has 0 radical (unpaired) electrons. The average molecular weight is 429 g/mol. The smallest absolute Gasteiger partial charge is 0.213 e. The van der Waals surface area contributed by atoms with Gasteiger partial charge in [0.25, 0.3) is 0 Å². The van der Waals surface area contributed by atoms with Crippen molar-refractivity contribution in [1.29, 1.82) is 0 Å². The van der Waals surface area contributed by atoms with E-state index in [1.807, 2.05) is 24.3 Å². The predicted molar refractivity (Wildman–Crippen MR) is 92.2 cm³/mol. The van der Waals surface area contributed by atoms with E-state index in [1.54, 1.807) is 6.07 Å². The van der Waals surface area contributed by atoms with Crippen LogP contribution in [0.5, 0.6) is 0 Å². The molecule has 2 aromatic carbocycles. The highest BCUT2D eigenvalue weighted by molar-refractivity contribution is 9.10. The van der Waals surface area contributed by atoms with Crippen LogP contribution in [0.2, 0.25) is 5.28 Å². The van der Waals surface area contributed by atoms with Crippen LogP contribution in [0.25, 0.3) is 11.4 Å². The standard InChI is InChI=1S/C17H10BrClF3N3/c18-13-6-2-4-11(9-13)15-23-14(24-16(19)25-15)8-10-3-1-5-12(7-10)17(20,21)22/h1-7,9H,8H2. The fourth-order valence-electron chi connectivity index (χ4n) is 2.27. The first-order valence-corrected chi connectivity index (χ1v) is 8.31. The van der Waals surface area contributed by atoms with Crippen molar-refractivity contribution in [3.63, 3.8) is 0 Å². The van der Waals surface area contributed by atoms with Crippen molar-refractivity contribution in [2.75, 3.05) is 0 Å². The molecule has 0 spiro atoms. The van der Waals surface area contributed by atoms with Crippen molar-refractivity contribution in [1.82, 2.24) is 15.0 Å². The number of hydrogen-bond acceptors (Lipinski definition) is 3. The summed E-state index contributed by atoms with van der Waals surface area (Å²) in [7, 11) is 0. The van der Waals surface area contributed by atoms with Crippen molar-refractivity contribution < 1.29 is 13.2 Å². The van der Waals surface area contributed by atoms with E-state index in [4.69, 9.17) is 11.6 Å². The minimum Gasteiger partial charge on any atom is -0.213 e. The molecule has 3 nitrogen and oxygen atoms in total. The minimum atomic E-state index is -4.39. The van der Waals surface area contributed by atoms with Crippen molar-refractivity contribution in [3.8, 4) is 11.4 Å². The molecule has 128 valence electrons. The third kappa shape index (κ3) is 4.55. The van der Waals surface area contributed by atoms with Crippen molar-refractivity contribution in [3.05, 3.63) is 75.2 Å². The summed E-state index contributed by atoms with van der Waals surface area (Å²) in [6.45, 7) is 0. The van der Waals surface area contributed by atoms with Gasteiger partial charge in [-0.15, -0.1) is 0 Å². The van der Waals surface area contributed by atoms with E-state index in [0.29, 0.717) is 17.2 Å². The lowest BCUT2D eigenvalue weighted by Gasteiger charge is -2.09. The highest BCUT2D eigenvalue weighted by Crippen LogP contribution is 2.30. The maximum absolute atomic E-state index is 12.8. The molecular formula is C17H10BrClF3N3. The Labute approximate surface area is 155 Å². The second-order valence-corrected chi connectivity index (χ2v) is 6.48. The first-order chi connectivity index (χ1) is 11.8. The lowest BCUT2D eigenvalue weighted by atomic mass is 10.1. The van der Waals surface area contributed by atoms with Gasteiger partial charge >= 0.3 is 6.18 Å². The number of aromatic nitrogens is 3. The van der Waals surface area contributed by atoms with Crippen molar-refractivity contribution in [2.24, 2.45) is 0 Å². The van der Waals surface area contributed by atoms with E-state index in [2.05, 4.69) is 30.9 Å². The molecule has 0 aliphatic heterocycles. The van der Waals surface area contributed by atoms with Gasteiger partial charge in [0, 0.05) is 16.5 Å². The van der Waals surface area contributed by atoms with Crippen molar-refractivity contribution >= 4 is 27.5 Å². The Morgan fingerprint density at radius 3 is 2.44 bits per heavy atom. The summed E-state index contributed by atoms with van der Waals surface area (Å²) in [6, 6.07) is 12.4. The second-order valence-electron chi connectivity index (χ2n) is 5.23. The van der Waals surface area contributed by atoms with E-state index in [1.165, 1.54) is 6.07 Å². The predicted octanol–water partition coefficient (Wildman–Crippen LogP) is 5.56. The highest BCUT2D eigenvalue weighted by Gasteiger charge is 2.30. The number of halogens is 5. The van der Waals surface area contributed by atoms with Crippen molar-refractivity contribution in [2.45, 2.75) is 12.6 Å². The van der Waals surface area contributed by atoms with E-state index < -0.39 is 11.7 Å². The third-order valence-electron chi connectivity index (χ3n) is 3.35. The van der Waals surface area contributed by atoms with Gasteiger partial charge < -0.3 is 0 Å². The monoisotopic (exact) mass is 427 g/mol. The van der Waals surface area contributed by atoms with Gasteiger partial charge in [0.1, 0.15) is 5.82 Å². The number of nitrogens with zero attached hydrogens (tertiary/aromatic N) is 3. The molecule has 1 aromatic heterocycles. The van der Waals surface area contributed by atoms with E-state index in [0.717, 1.165) is 22.2 Å². The molecule has 3 aromatic rings. The molecule has 0 unspecified atom stereocenters. The van der Waals surface area contributed by atoms with E-state index >= 15 is 0 Å². The number of alkyl halides is 3. The first kappa shape index (κ1) is 17.8. The Kier molecular flexibility index (Phi) is 5.06. The molecule has 0 saturated heterocycles. The van der Waals surface area contributed by atoms with Gasteiger partial charge in [-0.25, -0.2) is 9.97 Å². The highest BCUT2D eigenvalue weighted by atomic mass is 79.9. The third-order valence-corrected chi connectivity index (χ3v) is 4.02. The summed E-state index contributed by atoms with van der Waals surface area (Å²) >= 11 is 9.32. The number of hydrogen-bond donors (Lipinski definition) is 0. The van der Waals surface area contributed by atoms with Crippen LogP contribution in [-0.2, 0) is 12.6 Å². The zero-order valence-corrected chi connectivity index (χ0v) is 14.9. The Morgan fingerprint density at radius 2 is 1.72 bits per heavy atom. The molecule has 25 heavy (non-hydrogen) atoms. The second kappa shape index (κ2) is 7.09. The van der Waals surface area contributed by atoms with Crippen LogP contribution >= 0.6 is 27.5 Å². The van der Waals surface area contributed by atoms with Gasteiger partial charge in [-0.3, -0.25) is 0 Å². The van der Waals surface area contributed by atoms with Crippen LogP contribution in [0, 0.1) is 0 Å².